The summed E-state index contributed by atoms with van der Waals surface area (Å²) in [4.78, 5) is 14.0. The summed E-state index contributed by atoms with van der Waals surface area (Å²) in [5.41, 5.74) is 6.59. The smallest absolute Gasteiger partial charge is 0.260 e. The third kappa shape index (κ3) is 3.73. The SMILES string of the molecule is CN(C(=O)COc1ccccc1CN)C1CCCCC1. The first-order valence-electron chi connectivity index (χ1n) is 7.39. The molecule has 110 valence electrons. The zero-order chi connectivity index (χ0) is 14.4. The fourth-order valence-electron chi connectivity index (χ4n) is 2.73. The predicted octanol–water partition coefficient (Wildman–Crippen LogP) is 2.32. The molecule has 2 N–H and O–H groups in total. The van der Waals surface area contributed by atoms with Gasteiger partial charge < -0.3 is 15.4 Å². The van der Waals surface area contributed by atoms with E-state index < -0.39 is 0 Å². The number of para-hydroxylation sites is 1. The number of hydrogen-bond acceptors (Lipinski definition) is 3. The number of carbonyl (C=O) groups excluding carboxylic acids is 1. The van der Waals surface area contributed by atoms with Gasteiger partial charge in [-0.15, -0.1) is 0 Å². The first-order chi connectivity index (χ1) is 9.72. The Hall–Kier alpha value is -1.55. The molecule has 0 aliphatic heterocycles. The molecule has 0 spiro atoms. The van der Waals surface area contributed by atoms with Crippen LogP contribution >= 0.6 is 0 Å². The van der Waals surface area contributed by atoms with E-state index in [0.717, 1.165) is 18.4 Å². The van der Waals surface area contributed by atoms with E-state index in [2.05, 4.69) is 0 Å². The lowest BCUT2D eigenvalue weighted by atomic mass is 9.94. The Morgan fingerprint density at radius 1 is 1.30 bits per heavy atom. The van der Waals surface area contributed by atoms with E-state index in [1.807, 2.05) is 36.2 Å². The maximum atomic E-state index is 12.2. The molecule has 0 atom stereocenters. The zero-order valence-electron chi connectivity index (χ0n) is 12.2. The molecular weight excluding hydrogens is 252 g/mol. The van der Waals surface area contributed by atoms with Gasteiger partial charge in [0.2, 0.25) is 0 Å². The van der Waals surface area contributed by atoms with Crippen molar-refractivity contribution < 1.29 is 9.53 Å². The van der Waals surface area contributed by atoms with Crippen LogP contribution in [0.15, 0.2) is 24.3 Å². The average molecular weight is 276 g/mol. The standard InChI is InChI=1S/C16H24N2O2/c1-18(14-8-3-2-4-9-14)16(19)12-20-15-10-6-5-7-13(15)11-17/h5-7,10,14H,2-4,8-9,11-12,17H2,1H3. The quantitative estimate of drug-likeness (QED) is 0.898. The third-order valence-electron chi connectivity index (χ3n) is 4.06. The summed E-state index contributed by atoms with van der Waals surface area (Å²) in [6.07, 6.45) is 5.96. The Balaban J connectivity index is 1.87. The second-order valence-electron chi connectivity index (χ2n) is 5.40. The van der Waals surface area contributed by atoms with Gasteiger partial charge in [0.1, 0.15) is 5.75 Å². The summed E-state index contributed by atoms with van der Waals surface area (Å²) >= 11 is 0. The van der Waals surface area contributed by atoms with Crippen LogP contribution in [0.25, 0.3) is 0 Å². The van der Waals surface area contributed by atoms with E-state index in [-0.39, 0.29) is 12.5 Å². The molecule has 0 heterocycles. The Labute approximate surface area is 120 Å². The summed E-state index contributed by atoms with van der Waals surface area (Å²) in [5, 5.41) is 0. The first kappa shape index (κ1) is 14.9. The number of hydrogen-bond donors (Lipinski definition) is 1. The largest absolute Gasteiger partial charge is 0.483 e. The van der Waals surface area contributed by atoms with Crippen molar-refractivity contribution in [3.63, 3.8) is 0 Å². The minimum Gasteiger partial charge on any atom is -0.483 e. The highest BCUT2D eigenvalue weighted by molar-refractivity contribution is 5.77. The first-order valence-corrected chi connectivity index (χ1v) is 7.39. The highest BCUT2D eigenvalue weighted by atomic mass is 16.5. The van der Waals surface area contributed by atoms with Gasteiger partial charge in [0.25, 0.3) is 5.91 Å². The molecule has 1 saturated carbocycles. The molecule has 4 heteroatoms. The van der Waals surface area contributed by atoms with Crippen molar-refractivity contribution in [2.45, 2.75) is 44.7 Å². The monoisotopic (exact) mass is 276 g/mol. The molecule has 1 aliphatic rings. The van der Waals surface area contributed by atoms with Crippen molar-refractivity contribution in [1.82, 2.24) is 4.90 Å². The van der Waals surface area contributed by atoms with Crippen LogP contribution in [0, 0.1) is 0 Å². The highest BCUT2D eigenvalue weighted by Gasteiger charge is 2.22. The van der Waals surface area contributed by atoms with Gasteiger partial charge in [0.05, 0.1) is 0 Å². The lowest BCUT2D eigenvalue weighted by Gasteiger charge is -2.31. The van der Waals surface area contributed by atoms with E-state index in [9.17, 15) is 4.79 Å². The van der Waals surface area contributed by atoms with E-state index in [1.54, 1.807) is 0 Å². The van der Waals surface area contributed by atoms with Crippen molar-refractivity contribution in [1.29, 1.82) is 0 Å². The number of nitrogens with zero attached hydrogens (tertiary/aromatic N) is 1. The minimum atomic E-state index is 0.0451. The van der Waals surface area contributed by atoms with Gasteiger partial charge in [-0.05, 0) is 18.9 Å². The van der Waals surface area contributed by atoms with E-state index in [0.29, 0.717) is 18.3 Å². The second-order valence-corrected chi connectivity index (χ2v) is 5.40. The van der Waals surface area contributed by atoms with Gasteiger partial charge in [0, 0.05) is 25.2 Å². The van der Waals surface area contributed by atoms with Gasteiger partial charge in [-0.3, -0.25) is 4.79 Å². The number of rotatable bonds is 5. The Kier molecular flexibility index (Phi) is 5.41. The minimum absolute atomic E-state index is 0.0451. The third-order valence-corrected chi connectivity index (χ3v) is 4.06. The number of nitrogens with two attached hydrogens (primary N) is 1. The number of ether oxygens (including phenoxy) is 1. The Morgan fingerprint density at radius 2 is 2.00 bits per heavy atom. The molecule has 1 amide bonds. The lowest BCUT2D eigenvalue weighted by Crippen LogP contribution is -2.40. The van der Waals surface area contributed by atoms with E-state index in [4.69, 9.17) is 10.5 Å². The molecule has 0 aromatic heterocycles. The van der Waals surface area contributed by atoms with E-state index >= 15 is 0 Å². The molecule has 0 bridgehead atoms. The Bertz CT molecular complexity index is 442. The van der Waals surface area contributed by atoms with Crippen LogP contribution in [0.1, 0.15) is 37.7 Å². The number of likely N-dealkylation sites (N-methyl/N-ethyl adjacent to an activating group) is 1. The second kappa shape index (κ2) is 7.29. The molecule has 4 nitrogen and oxygen atoms in total. The summed E-state index contributed by atoms with van der Waals surface area (Å²) < 4.78 is 5.63. The van der Waals surface area contributed by atoms with Crippen molar-refractivity contribution in [3.05, 3.63) is 29.8 Å². The van der Waals surface area contributed by atoms with Crippen LogP contribution in [0.2, 0.25) is 0 Å². The topological polar surface area (TPSA) is 55.6 Å². The predicted molar refractivity (Wildman–Crippen MR) is 79.5 cm³/mol. The number of carbonyl (C=O) groups is 1. The van der Waals surface area contributed by atoms with Crippen LogP contribution in [0.5, 0.6) is 5.75 Å². The van der Waals surface area contributed by atoms with Crippen LogP contribution in [-0.4, -0.2) is 30.5 Å². The molecule has 0 radical (unpaired) electrons. The molecule has 0 saturated heterocycles. The molecule has 1 fully saturated rings. The van der Waals surface area contributed by atoms with Gasteiger partial charge >= 0.3 is 0 Å². The van der Waals surface area contributed by atoms with Crippen molar-refractivity contribution in [2.75, 3.05) is 13.7 Å². The molecule has 0 unspecified atom stereocenters. The van der Waals surface area contributed by atoms with Gasteiger partial charge in [-0.1, -0.05) is 37.5 Å². The molecule has 20 heavy (non-hydrogen) atoms. The zero-order valence-corrected chi connectivity index (χ0v) is 12.2. The summed E-state index contributed by atoms with van der Waals surface area (Å²) in [6, 6.07) is 7.97. The summed E-state index contributed by atoms with van der Waals surface area (Å²) in [5.74, 6) is 0.754. The molecular formula is C16H24N2O2. The number of amides is 1. The normalized spacial score (nSPS) is 15.9. The molecule has 1 aromatic rings. The van der Waals surface area contributed by atoms with Crippen molar-refractivity contribution in [2.24, 2.45) is 5.73 Å². The van der Waals surface area contributed by atoms with Crippen LogP contribution in [0.3, 0.4) is 0 Å². The van der Waals surface area contributed by atoms with E-state index in [1.165, 1.54) is 19.3 Å². The highest BCUT2D eigenvalue weighted by Crippen LogP contribution is 2.22. The molecule has 2 rings (SSSR count). The van der Waals surface area contributed by atoms with Crippen LogP contribution in [-0.2, 0) is 11.3 Å². The van der Waals surface area contributed by atoms with Gasteiger partial charge in [0.15, 0.2) is 6.61 Å². The lowest BCUT2D eigenvalue weighted by molar-refractivity contribution is -0.134. The fraction of sp³-hybridized carbons (Fsp3) is 0.562. The van der Waals surface area contributed by atoms with Crippen LogP contribution < -0.4 is 10.5 Å². The average Bonchev–Trinajstić information content (AvgIpc) is 2.53. The summed E-state index contributed by atoms with van der Waals surface area (Å²) in [7, 11) is 1.89. The van der Waals surface area contributed by atoms with Crippen molar-refractivity contribution in [3.8, 4) is 5.75 Å². The maximum absolute atomic E-state index is 12.2. The summed E-state index contributed by atoms with van der Waals surface area (Å²) in [6.45, 7) is 0.507. The van der Waals surface area contributed by atoms with Gasteiger partial charge in [-0.2, -0.15) is 0 Å². The Morgan fingerprint density at radius 3 is 2.70 bits per heavy atom. The molecule has 1 aliphatic carbocycles. The number of benzene rings is 1. The van der Waals surface area contributed by atoms with Crippen LogP contribution in [0.4, 0.5) is 0 Å². The van der Waals surface area contributed by atoms with Gasteiger partial charge in [-0.25, -0.2) is 0 Å². The fourth-order valence-corrected chi connectivity index (χ4v) is 2.73. The molecule has 1 aromatic carbocycles. The maximum Gasteiger partial charge on any atom is 0.260 e. The van der Waals surface area contributed by atoms with Crippen molar-refractivity contribution >= 4 is 5.91 Å².